The molecule has 0 amide bonds. The molecule has 0 radical (unpaired) electrons. The summed E-state index contributed by atoms with van der Waals surface area (Å²) in [6.45, 7) is 0.730. The van der Waals surface area contributed by atoms with Crippen LogP contribution in [0.4, 0.5) is 0 Å². The van der Waals surface area contributed by atoms with Crippen LogP contribution in [0.2, 0.25) is 0 Å². The highest BCUT2D eigenvalue weighted by molar-refractivity contribution is 5.46. The first-order chi connectivity index (χ1) is 6.36. The number of ether oxygens (including phenoxy) is 1. The van der Waals surface area contributed by atoms with Crippen molar-refractivity contribution >= 4 is 0 Å². The molecule has 0 aromatic heterocycles. The Bertz CT molecular complexity index is 309. The minimum absolute atomic E-state index is 0.506. The van der Waals surface area contributed by atoms with Gasteiger partial charge in [-0.25, -0.2) is 0 Å². The number of hydrogen-bond donors (Lipinski definition) is 1. The van der Waals surface area contributed by atoms with E-state index in [0.29, 0.717) is 5.92 Å². The lowest BCUT2D eigenvalue weighted by Crippen LogP contribution is -2.10. The summed E-state index contributed by atoms with van der Waals surface area (Å²) < 4.78 is 5.33. The van der Waals surface area contributed by atoms with Crippen LogP contribution in [0, 0.1) is 0 Å². The number of nitrogens with two attached hydrogens (primary N) is 1. The van der Waals surface area contributed by atoms with Crippen molar-refractivity contribution in [2.24, 2.45) is 5.73 Å². The minimum Gasteiger partial charge on any atom is -0.496 e. The zero-order valence-corrected chi connectivity index (χ0v) is 7.92. The number of aryl methyl sites for hydroxylation is 1. The van der Waals surface area contributed by atoms with Gasteiger partial charge in [0.05, 0.1) is 7.11 Å². The predicted molar refractivity (Wildman–Crippen MR) is 53.1 cm³/mol. The van der Waals surface area contributed by atoms with Crippen molar-refractivity contribution in [3.05, 3.63) is 29.3 Å². The van der Waals surface area contributed by atoms with Gasteiger partial charge < -0.3 is 10.5 Å². The maximum Gasteiger partial charge on any atom is 0.122 e. The highest BCUT2D eigenvalue weighted by atomic mass is 16.5. The van der Waals surface area contributed by atoms with Crippen LogP contribution in [-0.2, 0) is 6.42 Å². The molecule has 1 atom stereocenters. The van der Waals surface area contributed by atoms with Crippen LogP contribution in [0.15, 0.2) is 18.2 Å². The second-order valence-electron chi connectivity index (χ2n) is 3.50. The van der Waals surface area contributed by atoms with E-state index in [1.54, 1.807) is 7.11 Å². The summed E-state index contributed by atoms with van der Waals surface area (Å²) in [5, 5.41) is 0. The van der Waals surface area contributed by atoms with Crippen molar-refractivity contribution < 1.29 is 4.74 Å². The van der Waals surface area contributed by atoms with E-state index in [1.165, 1.54) is 17.5 Å². The van der Waals surface area contributed by atoms with Crippen LogP contribution in [0.5, 0.6) is 5.75 Å². The molecule has 0 saturated carbocycles. The molecule has 1 aliphatic carbocycles. The third kappa shape index (κ3) is 1.31. The summed E-state index contributed by atoms with van der Waals surface area (Å²) in [6.07, 6.45) is 2.32. The Hall–Kier alpha value is -1.02. The second-order valence-corrected chi connectivity index (χ2v) is 3.50. The first kappa shape index (κ1) is 8.57. The third-order valence-electron chi connectivity index (χ3n) is 2.83. The molecular weight excluding hydrogens is 162 g/mol. The van der Waals surface area contributed by atoms with E-state index in [2.05, 4.69) is 12.1 Å². The SMILES string of the molecule is COc1cccc2c1C(CN)CC2. The Labute approximate surface area is 78.7 Å². The fourth-order valence-corrected chi connectivity index (χ4v) is 2.16. The first-order valence-corrected chi connectivity index (χ1v) is 4.72. The van der Waals surface area contributed by atoms with Gasteiger partial charge in [-0.2, -0.15) is 0 Å². The number of fused-ring (bicyclic) bond motifs is 1. The number of hydrogen-bond acceptors (Lipinski definition) is 2. The van der Waals surface area contributed by atoms with Gasteiger partial charge in [-0.05, 0) is 31.0 Å². The maximum absolute atomic E-state index is 5.72. The quantitative estimate of drug-likeness (QED) is 0.746. The van der Waals surface area contributed by atoms with Gasteiger partial charge in [-0.15, -0.1) is 0 Å². The van der Waals surface area contributed by atoms with Crippen LogP contribution in [0.3, 0.4) is 0 Å². The van der Waals surface area contributed by atoms with Crippen LogP contribution in [-0.4, -0.2) is 13.7 Å². The van der Waals surface area contributed by atoms with E-state index < -0.39 is 0 Å². The Morgan fingerprint density at radius 1 is 1.54 bits per heavy atom. The largest absolute Gasteiger partial charge is 0.496 e. The van der Waals surface area contributed by atoms with E-state index in [4.69, 9.17) is 10.5 Å². The molecule has 2 nitrogen and oxygen atoms in total. The zero-order valence-electron chi connectivity index (χ0n) is 7.92. The van der Waals surface area contributed by atoms with E-state index in [1.807, 2.05) is 6.07 Å². The van der Waals surface area contributed by atoms with Crippen LogP contribution in [0.25, 0.3) is 0 Å². The fourth-order valence-electron chi connectivity index (χ4n) is 2.16. The fraction of sp³-hybridized carbons (Fsp3) is 0.455. The van der Waals surface area contributed by atoms with E-state index >= 15 is 0 Å². The van der Waals surface area contributed by atoms with Crippen LogP contribution in [0.1, 0.15) is 23.5 Å². The van der Waals surface area contributed by atoms with Crippen LogP contribution >= 0.6 is 0 Å². The molecule has 70 valence electrons. The number of methoxy groups -OCH3 is 1. The van der Waals surface area contributed by atoms with E-state index in [0.717, 1.165) is 18.7 Å². The van der Waals surface area contributed by atoms with Gasteiger partial charge in [0.2, 0.25) is 0 Å². The van der Waals surface area contributed by atoms with Gasteiger partial charge in [0, 0.05) is 11.5 Å². The Kier molecular flexibility index (Phi) is 2.23. The second kappa shape index (κ2) is 3.38. The average Bonchev–Trinajstić information content (AvgIpc) is 2.60. The molecule has 0 fully saturated rings. The van der Waals surface area contributed by atoms with Gasteiger partial charge in [0.1, 0.15) is 5.75 Å². The van der Waals surface area contributed by atoms with Crippen molar-refractivity contribution in [1.29, 1.82) is 0 Å². The molecular formula is C11H15NO. The summed E-state index contributed by atoms with van der Waals surface area (Å²) in [5.41, 5.74) is 8.47. The lowest BCUT2D eigenvalue weighted by atomic mass is 10.0. The smallest absolute Gasteiger partial charge is 0.122 e. The molecule has 0 spiro atoms. The van der Waals surface area contributed by atoms with Crippen LogP contribution < -0.4 is 10.5 Å². The van der Waals surface area contributed by atoms with Crippen molar-refractivity contribution in [1.82, 2.24) is 0 Å². The lowest BCUT2D eigenvalue weighted by molar-refractivity contribution is 0.407. The molecule has 0 bridgehead atoms. The summed E-state index contributed by atoms with van der Waals surface area (Å²) in [4.78, 5) is 0. The molecule has 13 heavy (non-hydrogen) atoms. The van der Waals surface area contributed by atoms with Gasteiger partial charge in [-0.1, -0.05) is 12.1 Å². The van der Waals surface area contributed by atoms with Crippen molar-refractivity contribution in [2.75, 3.05) is 13.7 Å². The van der Waals surface area contributed by atoms with Crippen molar-refractivity contribution in [2.45, 2.75) is 18.8 Å². The predicted octanol–water partition coefficient (Wildman–Crippen LogP) is 1.68. The number of benzene rings is 1. The summed E-state index contributed by atoms with van der Waals surface area (Å²) >= 11 is 0. The third-order valence-corrected chi connectivity index (χ3v) is 2.83. The number of rotatable bonds is 2. The van der Waals surface area contributed by atoms with E-state index in [9.17, 15) is 0 Å². The molecule has 0 saturated heterocycles. The highest BCUT2D eigenvalue weighted by Gasteiger charge is 2.24. The molecule has 1 aromatic carbocycles. The first-order valence-electron chi connectivity index (χ1n) is 4.72. The summed E-state index contributed by atoms with van der Waals surface area (Å²) in [5.74, 6) is 1.51. The van der Waals surface area contributed by atoms with Gasteiger partial charge >= 0.3 is 0 Å². The van der Waals surface area contributed by atoms with Gasteiger partial charge in [0.15, 0.2) is 0 Å². The molecule has 2 N–H and O–H groups in total. The normalized spacial score (nSPS) is 20.0. The topological polar surface area (TPSA) is 35.2 Å². The Morgan fingerprint density at radius 3 is 3.08 bits per heavy atom. The summed E-state index contributed by atoms with van der Waals surface area (Å²) in [6, 6.07) is 6.25. The Morgan fingerprint density at radius 2 is 2.38 bits per heavy atom. The molecule has 1 aromatic rings. The molecule has 2 rings (SSSR count). The molecule has 0 aliphatic heterocycles. The standard InChI is InChI=1S/C11H15NO/c1-13-10-4-2-3-8-5-6-9(7-12)11(8)10/h2-4,9H,5-7,12H2,1H3. The zero-order chi connectivity index (χ0) is 9.26. The summed E-state index contributed by atoms with van der Waals surface area (Å²) in [7, 11) is 1.72. The van der Waals surface area contributed by atoms with Gasteiger partial charge in [0.25, 0.3) is 0 Å². The van der Waals surface area contributed by atoms with E-state index in [-0.39, 0.29) is 0 Å². The Balaban J connectivity index is 2.46. The van der Waals surface area contributed by atoms with Crippen molar-refractivity contribution in [3.63, 3.8) is 0 Å². The van der Waals surface area contributed by atoms with Crippen molar-refractivity contribution in [3.8, 4) is 5.75 Å². The minimum atomic E-state index is 0.506. The molecule has 0 heterocycles. The molecule has 2 heteroatoms. The maximum atomic E-state index is 5.72. The lowest BCUT2D eigenvalue weighted by Gasteiger charge is -2.12. The average molecular weight is 177 g/mol. The van der Waals surface area contributed by atoms with Gasteiger partial charge in [-0.3, -0.25) is 0 Å². The monoisotopic (exact) mass is 177 g/mol. The molecule has 1 aliphatic rings. The highest BCUT2D eigenvalue weighted by Crippen LogP contribution is 2.38. The molecule has 1 unspecified atom stereocenters.